The van der Waals surface area contributed by atoms with E-state index in [-0.39, 0.29) is 6.04 Å². The monoisotopic (exact) mass is 275 g/mol. The van der Waals surface area contributed by atoms with Crippen LogP contribution in [0.5, 0.6) is 0 Å². The molecule has 0 aromatic heterocycles. The van der Waals surface area contributed by atoms with E-state index in [9.17, 15) is 0 Å². The van der Waals surface area contributed by atoms with Crippen LogP contribution in [0.25, 0.3) is 0 Å². The lowest BCUT2D eigenvalue weighted by Gasteiger charge is -2.40. The number of benzene rings is 1. The van der Waals surface area contributed by atoms with Crippen molar-refractivity contribution in [3.63, 3.8) is 0 Å². The van der Waals surface area contributed by atoms with Gasteiger partial charge in [0.25, 0.3) is 0 Å². The highest BCUT2D eigenvalue weighted by molar-refractivity contribution is 5.24. The van der Waals surface area contributed by atoms with Gasteiger partial charge in [-0.15, -0.1) is 0 Å². The molecule has 1 aromatic carbocycles. The molecule has 3 nitrogen and oxygen atoms in total. The van der Waals surface area contributed by atoms with Crippen LogP contribution >= 0.6 is 0 Å². The first kappa shape index (κ1) is 15.5. The van der Waals surface area contributed by atoms with E-state index in [4.69, 9.17) is 5.73 Å². The lowest BCUT2D eigenvalue weighted by Crippen LogP contribution is -2.48. The molecule has 1 aliphatic rings. The Balaban J connectivity index is 1.94. The van der Waals surface area contributed by atoms with Crippen LogP contribution in [0.3, 0.4) is 0 Å². The summed E-state index contributed by atoms with van der Waals surface area (Å²) in [5.41, 5.74) is 9.00. The summed E-state index contributed by atoms with van der Waals surface area (Å²) in [6, 6.07) is 9.88. The van der Waals surface area contributed by atoms with Gasteiger partial charge in [0.15, 0.2) is 0 Å². The van der Waals surface area contributed by atoms with Gasteiger partial charge >= 0.3 is 0 Å². The van der Waals surface area contributed by atoms with Crippen LogP contribution in [-0.4, -0.2) is 49.1 Å². The van der Waals surface area contributed by atoms with E-state index in [1.807, 2.05) is 0 Å². The molecule has 1 heterocycles. The SMILES string of the molecule is Cc1ccc(C(N)C(C)N2CCC(N(C)C)CC2)cc1. The van der Waals surface area contributed by atoms with Gasteiger partial charge < -0.3 is 10.6 Å². The first-order chi connectivity index (χ1) is 9.49. The summed E-state index contributed by atoms with van der Waals surface area (Å²) >= 11 is 0. The summed E-state index contributed by atoms with van der Waals surface area (Å²) in [7, 11) is 4.36. The third kappa shape index (κ3) is 3.60. The number of hydrogen-bond acceptors (Lipinski definition) is 3. The summed E-state index contributed by atoms with van der Waals surface area (Å²) in [6.45, 7) is 6.69. The van der Waals surface area contributed by atoms with Crippen molar-refractivity contribution in [1.29, 1.82) is 0 Å². The van der Waals surface area contributed by atoms with Crippen LogP contribution in [0.1, 0.15) is 36.9 Å². The highest BCUT2D eigenvalue weighted by atomic mass is 15.2. The molecule has 2 atom stereocenters. The number of nitrogens with zero attached hydrogens (tertiary/aromatic N) is 2. The molecule has 0 radical (unpaired) electrons. The molecular weight excluding hydrogens is 246 g/mol. The van der Waals surface area contributed by atoms with Crippen LogP contribution in [-0.2, 0) is 0 Å². The van der Waals surface area contributed by atoms with Crippen molar-refractivity contribution in [2.45, 2.75) is 44.8 Å². The lowest BCUT2D eigenvalue weighted by atomic mass is 9.96. The molecule has 0 aliphatic carbocycles. The molecule has 112 valence electrons. The second-order valence-electron chi connectivity index (χ2n) is 6.41. The third-order valence-corrected chi connectivity index (χ3v) is 4.79. The molecule has 0 amide bonds. The summed E-state index contributed by atoms with van der Waals surface area (Å²) < 4.78 is 0. The van der Waals surface area contributed by atoms with Crippen LogP contribution in [0.2, 0.25) is 0 Å². The Kier molecular flexibility index (Phi) is 5.19. The molecular formula is C17H29N3. The van der Waals surface area contributed by atoms with Gasteiger partial charge in [-0.05, 0) is 59.4 Å². The number of hydrogen-bond donors (Lipinski definition) is 1. The first-order valence-corrected chi connectivity index (χ1v) is 7.71. The lowest BCUT2D eigenvalue weighted by molar-refractivity contribution is 0.103. The van der Waals surface area contributed by atoms with Crippen molar-refractivity contribution in [2.75, 3.05) is 27.2 Å². The summed E-state index contributed by atoms with van der Waals surface area (Å²) in [5, 5.41) is 0. The van der Waals surface area contributed by atoms with Gasteiger partial charge in [0.2, 0.25) is 0 Å². The molecule has 0 saturated carbocycles. The fourth-order valence-electron chi connectivity index (χ4n) is 3.10. The van der Waals surface area contributed by atoms with Crippen LogP contribution in [0.4, 0.5) is 0 Å². The molecule has 20 heavy (non-hydrogen) atoms. The van der Waals surface area contributed by atoms with Gasteiger partial charge in [-0.3, -0.25) is 4.90 Å². The van der Waals surface area contributed by atoms with E-state index in [0.29, 0.717) is 6.04 Å². The van der Waals surface area contributed by atoms with Crippen molar-refractivity contribution in [3.05, 3.63) is 35.4 Å². The van der Waals surface area contributed by atoms with E-state index in [1.165, 1.54) is 24.0 Å². The smallest absolute Gasteiger partial charge is 0.0450 e. The zero-order valence-corrected chi connectivity index (χ0v) is 13.3. The van der Waals surface area contributed by atoms with Crippen LogP contribution in [0.15, 0.2) is 24.3 Å². The molecule has 0 bridgehead atoms. The van der Waals surface area contributed by atoms with Gasteiger partial charge in [0, 0.05) is 18.1 Å². The average molecular weight is 275 g/mol. The Bertz CT molecular complexity index is 405. The molecule has 2 N–H and O–H groups in total. The van der Waals surface area contributed by atoms with Crippen molar-refractivity contribution >= 4 is 0 Å². The molecule has 1 aliphatic heterocycles. The van der Waals surface area contributed by atoms with E-state index in [1.54, 1.807) is 0 Å². The highest BCUT2D eigenvalue weighted by Gasteiger charge is 2.27. The number of nitrogens with two attached hydrogens (primary N) is 1. The Morgan fingerprint density at radius 1 is 1.15 bits per heavy atom. The molecule has 2 rings (SSSR count). The summed E-state index contributed by atoms with van der Waals surface area (Å²) in [6.07, 6.45) is 2.50. The van der Waals surface area contributed by atoms with Crippen molar-refractivity contribution in [3.8, 4) is 0 Å². The van der Waals surface area contributed by atoms with Gasteiger partial charge in [0.1, 0.15) is 0 Å². The maximum absolute atomic E-state index is 6.46. The maximum Gasteiger partial charge on any atom is 0.0450 e. The zero-order chi connectivity index (χ0) is 14.7. The zero-order valence-electron chi connectivity index (χ0n) is 13.3. The van der Waals surface area contributed by atoms with Gasteiger partial charge in [-0.2, -0.15) is 0 Å². The van der Waals surface area contributed by atoms with Crippen molar-refractivity contribution in [2.24, 2.45) is 5.73 Å². The minimum absolute atomic E-state index is 0.103. The molecule has 1 aromatic rings. The summed E-state index contributed by atoms with van der Waals surface area (Å²) in [5.74, 6) is 0. The standard InChI is InChI=1S/C17H29N3/c1-13-5-7-15(8-6-13)17(18)14(2)20-11-9-16(10-12-20)19(3)4/h5-8,14,16-17H,9-12,18H2,1-4H3. The van der Waals surface area contributed by atoms with Gasteiger partial charge in [0.05, 0.1) is 0 Å². The minimum Gasteiger partial charge on any atom is -0.323 e. The first-order valence-electron chi connectivity index (χ1n) is 7.71. The van der Waals surface area contributed by atoms with Gasteiger partial charge in [-0.1, -0.05) is 29.8 Å². The number of aryl methyl sites for hydroxylation is 1. The average Bonchev–Trinajstić information content (AvgIpc) is 2.46. The Labute approximate surface area is 123 Å². The number of piperidine rings is 1. The van der Waals surface area contributed by atoms with Crippen LogP contribution < -0.4 is 5.73 Å². The molecule has 2 unspecified atom stereocenters. The van der Waals surface area contributed by atoms with Gasteiger partial charge in [-0.25, -0.2) is 0 Å². The second kappa shape index (κ2) is 6.70. The minimum atomic E-state index is 0.103. The molecule has 3 heteroatoms. The quantitative estimate of drug-likeness (QED) is 0.916. The Morgan fingerprint density at radius 2 is 1.70 bits per heavy atom. The number of likely N-dealkylation sites (tertiary alicyclic amines) is 1. The second-order valence-corrected chi connectivity index (χ2v) is 6.41. The Hall–Kier alpha value is -0.900. The highest BCUT2D eigenvalue weighted by Crippen LogP contribution is 2.23. The molecule has 1 fully saturated rings. The number of rotatable bonds is 4. The fourth-order valence-corrected chi connectivity index (χ4v) is 3.10. The van der Waals surface area contributed by atoms with E-state index in [2.05, 4.69) is 62.0 Å². The normalized spacial score (nSPS) is 21.1. The topological polar surface area (TPSA) is 32.5 Å². The van der Waals surface area contributed by atoms with E-state index >= 15 is 0 Å². The predicted molar refractivity (Wildman–Crippen MR) is 85.9 cm³/mol. The fraction of sp³-hybridized carbons (Fsp3) is 0.647. The Morgan fingerprint density at radius 3 is 2.20 bits per heavy atom. The van der Waals surface area contributed by atoms with Crippen molar-refractivity contribution in [1.82, 2.24) is 9.80 Å². The molecule has 1 saturated heterocycles. The predicted octanol–water partition coefficient (Wildman–Crippen LogP) is 2.41. The van der Waals surface area contributed by atoms with E-state index < -0.39 is 0 Å². The van der Waals surface area contributed by atoms with Crippen LogP contribution in [0, 0.1) is 6.92 Å². The maximum atomic E-state index is 6.46. The summed E-state index contributed by atoms with van der Waals surface area (Å²) in [4.78, 5) is 4.90. The molecule has 0 spiro atoms. The van der Waals surface area contributed by atoms with Crippen molar-refractivity contribution < 1.29 is 0 Å². The largest absolute Gasteiger partial charge is 0.323 e. The van der Waals surface area contributed by atoms with E-state index in [0.717, 1.165) is 19.1 Å². The third-order valence-electron chi connectivity index (χ3n) is 4.79.